The van der Waals surface area contributed by atoms with E-state index in [1.165, 1.54) is 24.2 Å². The molecule has 1 aliphatic heterocycles. The van der Waals surface area contributed by atoms with E-state index < -0.39 is 12.2 Å². The summed E-state index contributed by atoms with van der Waals surface area (Å²) in [6.45, 7) is 5.09. The number of rotatable bonds is 8. The van der Waals surface area contributed by atoms with Crippen LogP contribution in [-0.4, -0.2) is 62.2 Å². The zero-order valence-electron chi connectivity index (χ0n) is 18.3. The molecule has 0 radical (unpaired) electrons. The SMILES string of the molecule is C=C(CCC=C1[C@H]2CC[C@@H]1N(C(=O)OC)N2C(=O)OC)COCc1ccc(OC)cc1. The molecule has 0 N–H and O–H groups in total. The molecule has 2 amide bonds. The van der Waals surface area contributed by atoms with Gasteiger partial charge in [-0.25, -0.2) is 19.6 Å². The number of nitrogens with zero attached hydrogens (tertiary/aromatic N) is 2. The van der Waals surface area contributed by atoms with Crippen molar-refractivity contribution in [2.24, 2.45) is 0 Å². The van der Waals surface area contributed by atoms with Crippen molar-refractivity contribution in [2.75, 3.05) is 27.9 Å². The van der Waals surface area contributed by atoms with Crippen molar-refractivity contribution in [1.29, 1.82) is 0 Å². The maximum atomic E-state index is 12.2. The summed E-state index contributed by atoms with van der Waals surface area (Å²) in [6, 6.07) is 7.42. The zero-order valence-corrected chi connectivity index (χ0v) is 18.3. The molecule has 1 aromatic carbocycles. The standard InChI is InChI=1S/C23H30N2O6/c1-16(14-31-15-17-8-10-18(28-2)11-9-17)6-5-7-19-20-12-13-21(19)25(23(27)30-4)24(20)22(26)29-3/h7-11,20-21H,1,5-6,12-15H2,2-4H3/t20-,21+. The summed E-state index contributed by atoms with van der Waals surface area (Å²) in [5.74, 6) is 0.818. The monoisotopic (exact) mass is 430 g/mol. The van der Waals surface area contributed by atoms with Crippen LogP contribution in [0.15, 0.2) is 48.1 Å². The molecule has 2 bridgehead atoms. The smallest absolute Gasteiger partial charge is 0.429 e. The van der Waals surface area contributed by atoms with E-state index in [2.05, 4.69) is 12.7 Å². The molecule has 0 unspecified atom stereocenters. The molecule has 2 atom stereocenters. The first-order chi connectivity index (χ1) is 15.0. The second-order valence-electron chi connectivity index (χ2n) is 7.57. The maximum absolute atomic E-state index is 12.2. The average molecular weight is 431 g/mol. The third-order valence-electron chi connectivity index (χ3n) is 5.64. The van der Waals surface area contributed by atoms with Crippen LogP contribution >= 0.6 is 0 Å². The van der Waals surface area contributed by atoms with Crippen molar-refractivity contribution in [3.63, 3.8) is 0 Å². The van der Waals surface area contributed by atoms with Gasteiger partial charge in [-0.05, 0) is 49.0 Å². The molecule has 1 aliphatic carbocycles. The van der Waals surface area contributed by atoms with Crippen LogP contribution in [0.5, 0.6) is 5.75 Å². The van der Waals surface area contributed by atoms with Crippen LogP contribution in [0.1, 0.15) is 31.2 Å². The van der Waals surface area contributed by atoms with Gasteiger partial charge >= 0.3 is 12.2 Å². The number of benzene rings is 1. The maximum Gasteiger partial charge on any atom is 0.429 e. The fourth-order valence-electron chi connectivity index (χ4n) is 4.14. The normalized spacial score (nSPS) is 20.8. The number of carbonyl (C=O) groups excluding carboxylic acids is 2. The van der Waals surface area contributed by atoms with Gasteiger partial charge in [-0.2, -0.15) is 0 Å². The van der Waals surface area contributed by atoms with E-state index in [4.69, 9.17) is 18.9 Å². The third-order valence-corrected chi connectivity index (χ3v) is 5.64. The number of hydrogen-bond acceptors (Lipinski definition) is 6. The van der Waals surface area contributed by atoms with Gasteiger partial charge in [-0.15, -0.1) is 0 Å². The molecule has 1 saturated carbocycles. The van der Waals surface area contributed by atoms with Crippen LogP contribution in [0.2, 0.25) is 0 Å². The largest absolute Gasteiger partial charge is 0.497 e. The minimum absolute atomic E-state index is 0.170. The summed E-state index contributed by atoms with van der Waals surface area (Å²) >= 11 is 0. The third kappa shape index (κ3) is 5.02. The fraction of sp³-hybridized carbons (Fsp3) is 0.478. The number of carbonyl (C=O) groups is 2. The lowest BCUT2D eigenvalue weighted by Gasteiger charge is -2.34. The van der Waals surface area contributed by atoms with Crippen LogP contribution in [-0.2, 0) is 20.8 Å². The zero-order chi connectivity index (χ0) is 22.4. The molecule has 0 aromatic heterocycles. The van der Waals surface area contributed by atoms with E-state index in [0.29, 0.717) is 13.2 Å². The quantitative estimate of drug-likeness (QED) is 0.579. The van der Waals surface area contributed by atoms with E-state index in [-0.39, 0.29) is 12.1 Å². The number of methoxy groups -OCH3 is 3. The van der Waals surface area contributed by atoms with Crippen LogP contribution in [0, 0.1) is 0 Å². The Balaban J connectivity index is 1.51. The van der Waals surface area contributed by atoms with Crippen LogP contribution < -0.4 is 4.74 Å². The van der Waals surface area contributed by atoms with Crippen molar-refractivity contribution < 1.29 is 28.5 Å². The van der Waals surface area contributed by atoms with Gasteiger partial charge in [-0.3, -0.25) is 0 Å². The van der Waals surface area contributed by atoms with Gasteiger partial charge in [-0.1, -0.05) is 30.4 Å². The summed E-state index contributed by atoms with van der Waals surface area (Å²) in [5.41, 5.74) is 3.12. The highest BCUT2D eigenvalue weighted by Gasteiger charge is 2.53. The number of hydrogen-bond donors (Lipinski definition) is 0. The van der Waals surface area contributed by atoms with Gasteiger partial charge in [0.25, 0.3) is 0 Å². The fourth-order valence-corrected chi connectivity index (χ4v) is 4.14. The number of amides is 2. The van der Waals surface area contributed by atoms with Crippen molar-refractivity contribution in [2.45, 2.75) is 44.4 Å². The van der Waals surface area contributed by atoms with E-state index in [0.717, 1.165) is 48.1 Å². The lowest BCUT2D eigenvalue weighted by Crippen LogP contribution is -2.53. The van der Waals surface area contributed by atoms with E-state index in [1.54, 1.807) is 7.11 Å². The van der Waals surface area contributed by atoms with E-state index in [1.807, 2.05) is 24.3 Å². The first-order valence-electron chi connectivity index (χ1n) is 10.3. The first kappa shape index (κ1) is 22.7. The predicted molar refractivity (Wildman–Crippen MR) is 114 cm³/mol. The number of fused-ring (bicyclic) bond motifs is 2. The Labute approximate surface area is 183 Å². The van der Waals surface area contributed by atoms with Gasteiger partial charge in [0, 0.05) is 0 Å². The second-order valence-corrected chi connectivity index (χ2v) is 7.57. The minimum atomic E-state index is -0.556. The minimum Gasteiger partial charge on any atom is -0.497 e. The summed E-state index contributed by atoms with van der Waals surface area (Å²) in [5, 5.41) is 2.75. The molecule has 168 valence electrons. The highest BCUT2D eigenvalue weighted by molar-refractivity contribution is 5.77. The van der Waals surface area contributed by atoms with Gasteiger partial charge in [0.15, 0.2) is 0 Å². The molecule has 2 aliphatic rings. The molecule has 0 spiro atoms. The highest BCUT2D eigenvalue weighted by atomic mass is 16.6. The number of ether oxygens (including phenoxy) is 4. The Morgan fingerprint density at radius 1 is 1.03 bits per heavy atom. The average Bonchev–Trinajstić information content (AvgIpc) is 3.33. The van der Waals surface area contributed by atoms with Crippen LogP contribution in [0.25, 0.3) is 0 Å². The van der Waals surface area contributed by atoms with Crippen molar-refractivity contribution in [3.8, 4) is 5.75 Å². The molecular formula is C23H30N2O6. The van der Waals surface area contributed by atoms with Gasteiger partial charge in [0.2, 0.25) is 0 Å². The summed E-state index contributed by atoms with van der Waals surface area (Å²) < 4.78 is 20.6. The molecule has 1 heterocycles. The molecule has 1 aromatic rings. The van der Waals surface area contributed by atoms with Crippen LogP contribution in [0.3, 0.4) is 0 Å². The van der Waals surface area contributed by atoms with Gasteiger partial charge in [0.1, 0.15) is 5.75 Å². The second kappa shape index (κ2) is 10.3. The summed E-state index contributed by atoms with van der Waals surface area (Å²) in [6.07, 6.45) is 4.12. The topological polar surface area (TPSA) is 77.5 Å². The number of hydrazine groups is 1. The summed E-state index contributed by atoms with van der Waals surface area (Å²) in [4.78, 5) is 24.4. The summed E-state index contributed by atoms with van der Waals surface area (Å²) in [7, 11) is 4.26. The Kier molecular flexibility index (Phi) is 7.57. The number of allylic oxidation sites excluding steroid dienone is 1. The lowest BCUT2D eigenvalue weighted by molar-refractivity contribution is -0.0300. The molecule has 3 rings (SSSR count). The van der Waals surface area contributed by atoms with Crippen molar-refractivity contribution >= 4 is 12.2 Å². The van der Waals surface area contributed by atoms with Gasteiger partial charge in [0.05, 0.1) is 46.6 Å². The van der Waals surface area contributed by atoms with Crippen LogP contribution in [0.4, 0.5) is 9.59 Å². The Bertz CT molecular complexity index is 803. The molecule has 8 nitrogen and oxygen atoms in total. The molecule has 31 heavy (non-hydrogen) atoms. The van der Waals surface area contributed by atoms with E-state index in [9.17, 15) is 9.59 Å². The van der Waals surface area contributed by atoms with Gasteiger partial charge < -0.3 is 18.9 Å². The predicted octanol–water partition coefficient (Wildman–Crippen LogP) is 4.07. The molecule has 2 fully saturated rings. The lowest BCUT2D eigenvalue weighted by atomic mass is 10.1. The first-order valence-corrected chi connectivity index (χ1v) is 10.3. The Morgan fingerprint density at radius 2 is 1.61 bits per heavy atom. The van der Waals surface area contributed by atoms with Crippen molar-refractivity contribution in [3.05, 3.63) is 53.6 Å². The Morgan fingerprint density at radius 3 is 2.13 bits per heavy atom. The Hall–Kier alpha value is -3.00. The van der Waals surface area contributed by atoms with Crippen molar-refractivity contribution in [1.82, 2.24) is 10.0 Å². The highest BCUT2D eigenvalue weighted by Crippen LogP contribution is 2.43. The molecular weight excluding hydrogens is 400 g/mol. The molecule has 8 heteroatoms. The molecule has 1 saturated heterocycles. The van der Waals surface area contributed by atoms with E-state index >= 15 is 0 Å².